The van der Waals surface area contributed by atoms with Gasteiger partial charge in [0.15, 0.2) is 5.82 Å². The van der Waals surface area contributed by atoms with Gasteiger partial charge in [-0.2, -0.15) is 9.77 Å². The summed E-state index contributed by atoms with van der Waals surface area (Å²) in [4.78, 5) is 12.1. The molecule has 3 aromatic rings. The minimum atomic E-state index is -0.430. The van der Waals surface area contributed by atoms with Crippen molar-refractivity contribution in [1.82, 2.24) is 14.9 Å². The summed E-state index contributed by atoms with van der Waals surface area (Å²) in [5, 5.41) is 16.7. The number of hydrogen-bond acceptors (Lipinski definition) is 5. The van der Waals surface area contributed by atoms with Crippen molar-refractivity contribution in [3.05, 3.63) is 58.5 Å². The first-order valence-corrected chi connectivity index (χ1v) is 7.91. The molecule has 0 aliphatic heterocycles. The molecular weight excluding hydrogens is 320 g/mol. The van der Waals surface area contributed by atoms with E-state index in [1.165, 1.54) is 4.68 Å². The molecule has 0 aliphatic rings. The Morgan fingerprint density at radius 3 is 2.56 bits per heavy atom. The van der Waals surface area contributed by atoms with E-state index in [1.807, 2.05) is 12.1 Å². The molecule has 7 heteroatoms. The van der Waals surface area contributed by atoms with Gasteiger partial charge in [-0.05, 0) is 47.9 Å². The number of aromatic amines is 1. The maximum atomic E-state index is 12.1. The number of methoxy groups -OCH3 is 1. The molecule has 0 saturated heterocycles. The van der Waals surface area contributed by atoms with Crippen LogP contribution in [-0.4, -0.2) is 27.1 Å². The fourth-order valence-electron chi connectivity index (χ4n) is 2.47. The van der Waals surface area contributed by atoms with Gasteiger partial charge in [-0.1, -0.05) is 19.9 Å². The molecule has 3 rings (SSSR count). The van der Waals surface area contributed by atoms with E-state index in [4.69, 9.17) is 4.74 Å². The summed E-state index contributed by atoms with van der Waals surface area (Å²) in [6.45, 7) is 4.12. The molecule has 7 nitrogen and oxygen atoms in total. The molecule has 0 spiro atoms. The number of nitrogens with one attached hydrogen (secondary N) is 2. The Hall–Kier alpha value is -3.22. The van der Waals surface area contributed by atoms with Gasteiger partial charge in [-0.15, -0.1) is 0 Å². The summed E-state index contributed by atoms with van der Waals surface area (Å²) >= 11 is 0. The van der Waals surface area contributed by atoms with Crippen LogP contribution in [0.5, 0.6) is 11.5 Å². The standard InChI is InChI=1S/C18H20N4O3/c1-11(2)12-4-9-16(23)15(10-12)17-19-20-18(24)22(17)21-13-5-7-14(25-3)8-6-13/h4-11,21,23H,1-3H3,(H,20,24). The third-order valence-electron chi connectivity index (χ3n) is 3.93. The quantitative estimate of drug-likeness (QED) is 0.664. The first-order valence-electron chi connectivity index (χ1n) is 7.91. The van der Waals surface area contributed by atoms with Crippen molar-refractivity contribution in [2.75, 3.05) is 12.5 Å². The van der Waals surface area contributed by atoms with Crippen LogP contribution < -0.4 is 15.9 Å². The van der Waals surface area contributed by atoms with Gasteiger partial charge in [0.05, 0.1) is 18.4 Å². The van der Waals surface area contributed by atoms with E-state index in [0.717, 1.165) is 5.56 Å². The molecule has 0 fully saturated rings. The first-order chi connectivity index (χ1) is 12.0. The second-order valence-corrected chi connectivity index (χ2v) is 5.96. The van der Waals surface area contributed by atoms with Gasteiger partial charge in [-0.3, -0.25) is 5.43 Å². The fourth-order valence-corrected chi connectivity index (χ4v) is 2.47. The van der Waals surface area contributed by atoms with Crippen molar-refractivity contribution in [3.63, 3.8) is 0 Å². The number of H-pyrrole nitrogens is 1. The highest BCUT2D eigenvalue weighted by atomic mass is 16.5. The maximum absolute atomic E-state index is 12.1. The smallest absolute Gasteiger partial charge is 0.362 e. The second-order valence-electron chi connectivity index (χ2n) is 5.96. The minimum absolute atomic E-state index is 0.0566. The Labute approximate surface area is 144 Å². The Morgan fingerprint density at radius 1 is 1.20 bits per heavy atom. The molecule has 130 valence electrons. The van der Waals surface area contributed by atoms with Crippen LogP contribution in [0.1, 0.15) is 25.3 Å². The van der Waals surface area contributed by atoms with Crippen LogP contribution in [0.25, 0.3) is 11.4 Å². The number of phenols is 1. The van der Waals surface area contributed by atoms with Gasteiger partial charge in [0.1, 0.15) is 11.5 Å². The van der Waals surface area contributed by atoms with Crippen LogP contribution in [0.2, 0.25) is 0 Å². The lowest BCUT2D eigenvalue weighted by Gasteiger charge is -2.12. The number of ether oxygens (including phenoxy) is 1. The Bertz CT molecular complexity index is 926. The summed E-state index contributed by atoms with van der Waals surface area (Å²) in [5.41, 5.74) is 4.76. The van der Waals surface area contributed by atoms with Crippen LogP contribution in [0.4, 0.5) is 5.69 Å². The zero-order chi connectivity index (χ0) is 18.0. The van der Waals surface area contributed by atoms with Crippen molar-refractivity contribution in [3.8, 4) is 22.9 Å². The zero-order valence-electron chi connectivity index (χ0n) is 14.3. The van der Waals surface area contributed by atoms with Crippen molar-refractivity contribution < 1.29 is 9.84 Å². The Morgan fingerprint density at radius 2 is 1.92 bits per heavy atom. The van der Waals surface area contributed by atoms with Crippen molar-refractivity contribution in [2.24, 2.45) is 0 Å². The molecule has 0 unspecified atom stereocenters. The average Bonchev–Trinajstić information content (AvgIpc) is 2.96. The molecule has 3 N–H and O–H groups in total. The van der Waals surface area contributed by atoms with Gasteiger partial charge in [-0.25, -0.2) is 9.89 Å². The van der Waals surface area contributed by atoms with Crippen LogP contribution in [0.3, 0.4) is 0 Å². The molecule has 1 heterocycles. The van der Waals surface area contributed by atoms with Crippen LogP contribution in [0, 0.1) is 0 Å². The van der Waals surface area contributed by atoms with Crippen molar-refractivity contribution >= 4 is 5.69 Å². The monoisotopic (exact) mass is 340 g/mol. The van der Waals surface area contributed by atoms with Gasteiger partial charge < -0.3 is 9.84 Å². The number of aromatic nitrogens is 3. The number of benzene rings is 2. The number of anilines is 1. The number of nitrogens with zero attached hydrogens (tertiary/aromatic N) is 2. The van der Waals surface area contributed by atoms with Gasteiger partial charge in [0.2, 0.25) is 0 Å². The topological polar surface area (TPSA) is 92.2 Å². The molecule has 0 saturated carbocycles. The van der Waals surface area contributed by atoms with Crippen molar-refractivity contribution in [2.45, 2.75) is 19.8 Å². The number of hydrogen-bond donors (Lipinski definition) is 3. The van der Waals surface area contributed by atoms with E-state index in [9.17, 15) is 9.90 Å². The lowest BCUT2D eigenvalue weighted by atomic mass is 10.00. The number of rotatable bonds is 5. The van der Waals surface area contributed by atoms with E-state index in [-0.39, 0.29) is 11.7 Å². The molecule has 25 heavy (non-hydrogen) atoms. The highest BCUT2D eigenvalue weighted by Crippen LogP contribution is 2.30. The maximum Gasteiger partial charge on any atom is 0.362 e. The largest absolute Gasteiger partial charge is 0.507 e. The summed E-state index contributed by atoms with van der Waals surface area (Å²) < 4.78 is 6.39. The fraction of sp³-hybridized carbons (Fsp3) is 0.222. The van der Waals surface area contributed by atoms with Gasteiger partial charge >= 0.3 is 5.69 Å². The van der Waals surface area contributed by atoms with Crippen LogP contribution >= 0.6 is 0 Å². The molecule has 0 amide bonds. The highest BCUT2D eigenvalue weighted by molar-refractivity contribution is 5.66. The normalized spacial score (nSPS) is 10.9. The average molecular weight is 340 g/mol. The third kappa shape index (κ3) is 3.35. The summed E-state index contributed by atoms with van der Waals surface area (Å²) in [6, 6.07) is 12.4. The number of aromatic hydroxyl groups is 1. The zero-order valence-corrected chi connectivity index (χ0v) is 14.3. The Balaban J connectivity index is 2.02. The predicted molar refractivity (Wildman–Crippen MR) is 96.1 cm³/mol. The van der Waals surface area contributed by atoms with E-state index in [0.29, 0.717) is 22.8 Å². The number of phenolic OH excluding ortho intramolecular Hbond substituents is 1. The van der Waals surface area contributed by atoms with E-state index >= 15 is 0 Å². The Kier molecular flexibility index (Phi) is 4.47. The first kappa shape index (κ1) is 16.6. The van der Waals surface area contributed by atoms with Crippen LogP contribution in [0.15, 0.2) is 47.3 Å². The molecule has 1 aromatic heterocycles. The molecule has 0 radical (unpaired) electrons. The second kappa shape index (κ2) is 6.72. The summed E-state index contributed by atoms with van der Waals surface area (Å²) in [7, 11) is 1.59. The molecule has 0 atom stereocenters. The minimum Gasteiger partial charge on any atom is -0.507 e. The molecule has 0 aliphatic carbocycles. The molecular formula is C18H20N4O3. The summed E-state index contributed by atoms with van der Waals surface area (Å²) in [5.74, 6) is 1.36. The molecule has 0 bridgehead atoms. The third-order valence-corrected chi connectivity index (χ3v) is 3.93. The van der Waals surface area contributed by atoms with Crippen molar-refractivity contribution in [1.29, 1.82) is 0 Å². The van der Waals surface area contributed by atoms with Gasteiger partial charge in [0, 0.05) is 0 Å². The SMILES string of the molecule is COc1ccc(Nn2c(-c3cc(C(C)C)ccc3O)n[nH]c2=O)cc1. The molecule has 2 aromatic carbocycles. The predicted octanol–water partition coefficient (Wildman–Crippen LogP) is 2.95. The lowest BCUT2D eigenvalue weighted by molar-refractivity contribution is 0.415. The highest BCUT2D eigenvalue weighted by Gasteiger charge is 2.16. The van der Waals surface area contributed by atoms with E-state index in [1.54, 1.807) is 37.4 Å². The van der Waals surface area contributed by atoms with Crippen LogP contribution in [-0.2, 0) is 0 Å². The van der Waals surface area contributed by atoms with Gasteiger partial charge in [0.25, 0.3) is 0 Å². The summed E-state index contributed by atoms with van der Waals surface area (Å²) in [6.07, 6.45) is 0. The van der Waals surface area contributed by atoms with E-state index < -0.39 is 5.69 Å². The van der Waals surface area contributed by atoms with E-state index in [2.05, 4.69) is 29.5 Å². The lowest BCUT2D eigenvalue weighted by Crippen LogP contribution is -2.24.